The molecule has 1 aromatic carbocycles. The molecule has 1 N–H and O–H groups in total. The van der Waals surface area contributed by atoms with E-state index in [1.54, 1.807) is 0 Å². The number of hydrogen-bond donors (Lipinski definition) is 1. The first-order valence-electron chi connectivity index (χ1n) is 7.21. The number of nitrogens with one attached hydrogen (secondary N) is 1. The van der Waals surface area contributed by atoms with Crippen molar-refractivity contribution in [1.29, 1.82) is 0 Å². The lowest BCUT2D eigenvalue weighted by atomic mass is 10.2. The molecule has 100 valence electrons. The maximum absolute atomic E-state index is 4.44. The summed E-state index contributed by atoms with van der Waals surface area (Å²) in [5.41, 5.74) is 2.57. The molecule has 0 aliphatic heterocycles. The van der Waals surface area contributed by atoms with Gasteiger partial charge >= 0.3 is 0 Å². The summed E-state index contributed by atoms with van der Waals surface area (Å²) in [6, 6.07) is 9.50. The lowest BCUT2D eigenvalue weighted by Crippen LogP contribution is -2.15. The molecular weight excluding hydrogens is 234 g/mol. The van der Waals surface area contributed by atoms with Gasteiger partial charge in [0.1, 0.15) is 5.82 Å². The van der Waals surface area contributed by atoms with Crippen molar-refractivity contribution in [3.8, 4) is 5.69 Å². The van der Waals surface area contributed by atoms with Crippen LogP contribution in [0.5, 0.6) is 0 Å². The Morgan fingerprint density at radius 1 is 1.37 bits per heavy atom. The van der Waals surface area contributed by atoms with Gasteiger partial charge in [0.25, 0.3) is 0 Å². The molecule has 1 aliphatic carbocycles. The Morgan fingerprint density at radius 2 is 2.26 bits per heavy atom. The summed E-state index contributed by atoms with van der Waals surface area (Å²) < 4.78 is 2.20. The van der Waals surface area contributed by atoms with E-state index in [4.69, 9.17) is 0 Å². The Balaban J connectivity index is 1.78. The van der Waals surface area contributed by atoms with Gasteiger partial charge in [-0.25, -0.2) is 4.98 Å². The lowest BCUT2D eigenvalue weighted by Gasteiger charge is -2.10. The zero-order valence-electron chi connectivity index (χ0n) is 11.5. The van der Waals surface area contributed by atoms with Crippen molar-refractivity contribution in [3.63, 3.8) is 0 Å². The molecule has 1 fully saturated rings. The smallest absolute Gasteiger partial charge is 0.113 e. The second-order valence-electron chi connectivity index (χ2n) is 5.29. The summed E-state index contributed by atoms with van der Waals surface area (Å²) in [6.45, 7) is 3.16. The predicted molar refractivity (Wildman–Crippen MR) is 77.4 cm³/mol. The first-order chi connectivity index (χ1) is 9.36. The van der Waals surface area contributed by atoms with Gasteiger partial charge in [-0.1, -0.05) is 19.1 Å². The standard InChI is InChI=1S/C16H21N3/c1-2-4-16-17-9-10-19(16)15-6-3-5-13(11-15)12-18-14-7-8-14/h3,5-6,9-11,14,18H,2,4,7-8,12H2,1H3. The van der Waals surface area contributed by atoms with Crippen molar-refractivity contribution in [2.45, 2.75) is 45.2 Å². The summed E-state index contributed by atoms with van der Waals surface area (Å²) in [5, 5.41) is 3.56. The van der Waals surface area contributed by atoms with Crippen LogP contribution < -0.4 is 5.32 Å². The molecule has 1 aromatic heterocycles. The minimum atomic E-state index is 0.757. The Kier molecular flexibility index (Phi) is 3.65. The Hall–Kier alpha value is -1.61. The highest BCUT2D eigenvalue weighted by atomic mass is 15.1. The largest absolute Gasteiger partial charge is 0.310 e. The van der Waals surface area contributed by atoms with E-state index in [1.165, 1.54) is 24.1 Å². The molecule has 0 unspecified atom stereocenters. The van der Waals surface area contributed by atoms with Gasteiger partial charge < -0.3 is 9.88 Å². The maximum atomic E-state index is 4.44. The third kappa shape index (κ3) is 3.04. The average molecular weight is 255 g/mol. The number of benzene rings is 1. The van der Waals surface area contributed by atoms with E-state index < -0.39 is 0 Å². The molecule has 1 heterocycles. The van der Waals surface area contributed by atoms with Gasteiger partial charge in [-0.3, -0.25) is 0 Å². The fraction of sp³-hybridized carbons (Fsp3) is 0.438. The predicted octanol–water partition coefficient (Wildman–Crippen LogP) is 3.08. The number of rotatable bonds is 6. The second kappa shape index (κ2) is 5.57. The van der Waals surface area contributed by atoms with Crippen LogP contribution >= 0.6 is 0 Å². The quantitative estimate of drug-likeness (QED) is 0.859. The third-order valence-electron chi connectivity index (χ3n) is 3.55. The fourth-order valence-corrected chi connectivity index (χ4v) is 2.34. The summed E-state index contributed by atoms with van der Waals surface area (Å²) in [7, 11) is 0. The minimum absolute atomic E-state index is 0.757. The first kappa shape index (κ1) is 12.4. The van der Waals surface area contributed by atoms with Crippen LogP contribution in [0.25, 0.3) is 5.69 Å². The van der Waals surface area contributed by atoms with Gasteiger partial charge in [0.05, 0.1) is 0 Å². The summed E-state index contributed by atoms with van der Waals surface area (Å²) in [6.07, 6.45) is 8.76. The van der Waals surface area contributed by atoms with Crippen molar-refractivity contribution in [3.05, 3.63) is 48.0 Å². The fourth-order valence-electron chi connectivity index (χ4n) is 2.34. The zero-order valence-corrected chi connectivity index (χ0v) is 11.5. The van der Waals surface area contributed by atoms with E-state index in [0.29, 0.717) is 0 Å². The molecule has 3 heteroatoms. The minimum Gasteiger partial charge on any atom is -0.310 e. The summed E-state index contributed by atoms with van der Waals surface area (Å²) in [4.78, 5) is 4.44. The van der Waals surface area contributed by atoms with Gasteiger partial charge in [0.15, 0.2) is 0 Å². The van der Waals surface area contributed by atoms with Crippen LogP contribution in [-0.2, 0) is 13.0 Å². The molecule has 0 saturated heterocycles. The van der Waals surface area contributed by atoms with E-state index in [0.717, 1.165) is 31.3 Å². The normalized spacial score (nSPS) is 14.8. The molecule has 0 radical (unpaired) electrons. The van der Waals surface area contributed by atoms with Crippen LogP contribution in [0.15, 0.2) is 36.7 Å². The van der Waals surface area contributed by atoms with Crippen molar-refractivity contribution in [1.82, 2.24) is 14.9 Å². The van der Waals surface area contributed by atoms with E-state index >= 15 is 0 Å². The summed E-state index contributed by atoms with van der Waals surface area (Å²) >= 11 is 0. The van der Waals surface area contributed by atoms with Gasteiger partial charge in [0, 0.05) is 37.1 Å². The highest BCUT2D eigenvalue weighted by Gasteiger charge is 2.19. The molecule has 0 spiro atoms. The molecule has 3 nitrogen and oxygen atoms in total. The maximum Gasteiger partial charge on any atom is 0.113 e. The van der Waals surface area contributed by atoms with E-state index in [2.05, 4.69) is 52.3 Å². The number of nitrogens with zero attached hydrogens (tertiary/aromatic N) is 2. The van der Waals surface area contributed by atoms with E-state index in [-0.39, 0.29) is 0 Å². The Morgan fingerprint density at radius 3 is 3.05 bits per heavy atom. The molecule has 1 aliphatic rings. The lowest BCUT2D eigenvalue weighted by molar-refractivity contribution is 0.687. The van der Waals surface area contributed by atoms with Crippen molar-refractivity contribution >= 4 is 0 Å². The Labute approximate surface area is 114 Å². The molecular formula is C16H21N3. The molecule has 0 amide bonds. The van der Waals surface area contributed by atoms with Crippen LogP contribution in [0.1, 0.15) is 37.6 Å². The molecule has 1 saturated carbocycles. The van der Waals surface area contributed by atoms with Crippen LogP contribution in [0.2, 0.25) is 0 Å². The van der Waals surface area contributed by atoms with Gasteiger partial charge in [-0.05, 0) is 37.0 Å². The molecule has 3 rings (SSSR count). The van der Waals surface area contributed by atoms with Crippen LogP contribution in [-0.4, -0.2) is 15.6 Å². The number of imidazole rings is 1. The first-order valence-corrected chi connectivity index (χ1v) is 7.21. The number of aromatic nitrogens is 2. The van der Waals surface area contributed by atoms with E-state index in [1.807, 2.05) is 6.20 Å². The topological polar surface area (TPSA) is 29.9 Å². The summed E-state index contributed by atoms with van der Waals surface area (Å²) in [5.74, 6) is 1.15. The third-order valence-corrected chi connectivity index (χ3v) is 3.55. The SMILES string of the molecule is CCCc1nccn1-c1cccc(CNC2CC2)c1. The molecule has 0 atom stereocenters. The van der Waals surface area contributed by atoms with Crippen LogP contribution in [0.3, 0.4) is 0 Å². The van der Waals surface area contributed by atoms with Gasteiger partial charge in [-0.2, -0.15) is 0 Å². The van der Waals surface area contributed by atoms with Crippen molar-refractivity contribution in [2.75, 3.05) is 0 Å². The van der Waals surface area contributed by atoms with Gasteiger partial charge in [-0.15, -0.1) is 0 Å². The number of aryl methyl sites for hydroxylation is 1. The van der Waals surface area contributed by atoms with E-state index in [9.17, 15) is 0 Å². The zero-order chi connectivity index (χ0) is 13.1. The second-order valence-corrected chi connectivity index (χ2v) is 5.29. The van der Waals surface area contributed by atoms with Crippen LogP contribution in [0.4, 0.5) is 0 Å². The molecule has 0 bridgehead atoms. The van der Waals surface area contributed by atoms with Crippen LogP contribution in [0, 0.1) is 0 Å². The molecule has 19 heavy (non-hydrogen) atoms. The highest BCUT2D eigenvalue weighted by Crippen LogP contribution is 2.20. The van der Waals surface area contributed by atoms with Crippen molar-refractivity contribution < 1.29 is 0 Å². The Bertz CT molecular complexity index is 540. The average Bonchev–Trinajstić information content (AvgIpc) is 3.15. The monoisotopic (exact) mass is 255 g/mol. The molecule has 2 aromatic rings. The van der Waals surface area contributed by atoms with Crippen molar-refractivity contribution in [2.24, 2.45) is 0 Å². The number of hydrogen-bond acceptors (Lipinski definition) is 2. The van der Waals surface area contributed by atoms with Gasteiger partial charge in [0.2, 0.25) is 0 Å². The highest BCUT2D eigenvalue weighted by molar-refractivity contribution is 5.37.